The lowest BCUT2D eigenvalue weighted by molar-refractivity contribution is 0.264. The fourth-order valence-electron chi connectivity index (χ4n) is 2.09. The van der Waals surface area contributed by atoms with Crippen molar-refractivity contribution in [2.45, 2.75) is 5.92 Å². The Morgan fingerprint density at radius 2 is 2.12 bits per heavy atom. The lowest BCUT2D eigenvalue weighted by atomic mass is 10.1. The second-order valence-corrected chi connectivity index (χ2v) is 4.68. The summed E-state index contributed by atoms with van der Waals surface area (Å²) in [4.78, 5) is 0. The molecule has 0 spiro atoms. The van der Waals surface area contributed by atoms with Gasteiger partial charge in [-0.25, -0.2) is 0 Å². The van der Waals surface area contributed by atoms with Gasteiger partial charge in [0.2, 0.25) is 0 Å². The molecule has 0 aliphatic heterocycles. The molecule has 1 aromatic heterocycles. The van der Waals surface area contributed by atoms with Crippen molar-refractivity contribution in [1.82, 2.24) is 4.57 Å². The lowest BCUT2D eigenvalue weighted by Crippen LogP contribution is -2.19. The summed E-state index contributed by atoms with van der Waals surface area (Å²) in [7, 11) is 2.00. The van der Waals surface area contributed by atoms with Gasteiger partial charge in [-0.05, 0) is 22.0 Å². The smallest absolute Gasteiger partial charge is 0.0526 e. The first kappa shape index (κ1) is 11.6. The first-order valence-corrected chi connectivity index (χ1v) is 6.03. The summed E-state index contributed by atoms with van der Waals surface area (Å²) in [6, 6.07) is 8.14. The quantitative estimate of drug-likeness (QED) is 0.905. The summed E-state index contributed by atoms with van der Waals surface area (Å²) in [5.41, 5.74) is 7.89. The van der Waals surface area contributed by atoms with Gasteiger partial charge in [-0.15, -0.1) is 0 Å². The molecule has 2 rings (SSSR count). The van der Waals surface area contributed by atoms with E-state index in [1.165, 1.54) is 0 Å². The first-order valence-electron chi connectivity index (χ1n) is 5.24. The van der Waals surface area contributed by atoms with Crippen molar-refractivity contribution in [3.63, 3.8) is 0 Å². The Morgan fingerprint density at radius 3 is 2.69 bits per heavy atom. The summed E-state index contributed by atoms with van der Waals surface area (Å²) in [6.07, 6.45) is 0. The van der Waals surface area contributed by atoms with E-state index in [1.54, 1.807) is 0 Å². The lowest BCUT2D eigenvalue weighted by Gasteiger charge is -2.14. The predicted molar refractivity (Wildman–Crippen MR) is 69.5 cm³/mol. The van der Waals surface area contributed by atoms with E-state index in [2.05, 4.69) is 32.6 Å². The van der Waals surface area contributed by atoms with Crippen molar-refractivity contribution in [3.8, 4) is 0 Å². The SMILES string of the molecule is Cn1c(C(CN)CO)c(Br)c2ccccc21. The molecule has 0 aliphatic rings. The molecule has 0 fully saturated rings. The number of aliphatic hydroxyl groups excluding tert-OH is 1. The van der Waals surface area contributed by atoms with Crippen LogP contribution in [0.15, 0.2) is 28.7 Å². The maximum Gasteiger partial charge on any atom is 0.0526 e. The molecule has 0 amide bonds. The number of para-hydroxylation sites is 1. The number of rotatable bonds is 3. The molecule has 0 aliphatic carbocycles. The molecule has 1 heterocycles. The maximum atomic E-state index is 9.34. The van der Waals surface area contributed by atoms with E-state index in [0.29, 0.717) is 6.54 Å². The zero-order valence-electron chi connectivity index (χ0n) is 9.15. The minimum atomic E-state index is -0.0215. The highest BCUT2D eigenvalue weighted by Gasteiger charge is 2.19. The van der Waals surface area contributed by atoms with Gasteiger partial charge >= 0.3 is 0 Å². The fourth-order valence-corrected chi connectivity index (χ4v) is 3.02. The van der Waals surface area contributed by atoms with Crippen molar-refractivity contribution < 1.29 is 5.11 Å². The van der Waals surface area contributed by atoms with E-state index >= 15 is 0 Å². The molecule has 1 aromatic carbocycles. The van der Waals surface area contributed by atoms with Crippen LogP contribution in [-0.2, 0) is 7.05 Å². The van der Waals surface area contributed by atoms with E-state index in [-0.39, 0.29) is 12.5 Å². The number of aromatic nitrogens is 1. The third-order valence-corrected chi connectivity index (χ3v) is 3.81. The first-order chi connectivity index (χ1) is 7.70. The van der Waals surface area contributed by atoms with Gasteiger partial charge < -0.3 is 15.4 Å². The molecular formula is C12H15BrN2O. The van der Waals surface area contributed by atoms with Gasteiger partial charge in [0, 0.05) is 40.6 Å². The third kappa shape index (κ3) is 1.67. The van der Waals surface area contributed by atoms with Crippen molar-refractivity contribution in [3.05, 3.63) is 34.4 Å². The van der Waals surface area contributed by atoms with Gasteiger partial charge in [0.05, 0.1) is 6.61 Å². The highest BCUT2D eigenvalue weighted by molar-refractivity contribution is 9.10. The number of halogens is 1. The number of hydrogen-bond donors (Lipinski definition) is 2. The zero-order valence-corrected chi connectivity index (χ0v) is 10.7. The Hall–Kier alpha value is -0.840. The topological polar surface area (TPSA) is 51.2 Å². The molecular weight excluding hydrogens is 268 g/mol. The summed E-state index contributed by atoms with van der Waals surface area (Å²) >= 11 is 3.60. The van der Waals surface area contributed by atoms with E-state index in [0.717, 1.165) is 21.1 Å². The van der Waals surface area contributed by atoms with E-state index < -0.39 is 0 Å². The molecule has 16 heavy (non-hydrogen) atoms. The zero-order chi connectivity index (χ0) is 11.7. The molecule has 0 saturated carbocycles. The molecule has 0 radical (unpaired) electrons. The van der Waals surface area contributed by atoms with Crippen LogP contribution in [0.3, 0.4) is 0 Å². The monoisotopic (exact) mass is 282 g/mol. The normalized spacial score (nSPS) is 13.2. The van der Waals surface area contributed by atoms with Gasteiger partial charge in [0.25, 0.3) is 0 Å². The molecule has 4 heteroatoms. The van der Waals surface area contributed by atoms with Crippen LogP contribution in [0.25, 0.3) is 10.9 Å². The molecule has 86 valence electrons. The number of aliphatic hydroxyl groups is 1. The largest absolute Gasteiger partial charge is 0.396 e. The van der Waals surface area contributed by atoms with Crippen molar-refractivity contribution >= 4 is 26.8 Å². The molecule has 3 N–H and O–H groups in total. The number of aryl methyl sites for hydroxylation is 1. The number of nitrogens with zero attached hydrogens (tertiary/aromatic N) is 1. The summed E-state index contributed by atoms with van der Waals surface area (Å²) < 4.78 is 3.13. The number of fused-ring (bicyclic) bond motifs is 1. The van der Waals surface area contributed by atoms with Gasteiger partial charge in [-0.2, -0.15) is 0 Å². The van der Waals surface area contributed by atoms with Gasteiger partial charge in [-0.3, -0.25) is 0 Å². The van der Waals surface area contributed by atoms with E-state index in [4.69, 9.17) is 5.73 Å². The Balaban J connectivity index is 2.70. The van der Waals surface area contributed by atoms with Crippen LogP contribution in [0.4, 0.5) is 0 Å². The van der Waals surface area contributed by atoms with Crippen LogP contribution in [0.2, 0.25) is 0 Å². The molecule has 3 nitrogen and oxygen atoms in total. The average molecular weight is 283 g/mol. The van der Waals surface area contributed by atoms with E-state index in [1.807, 2.05) is 19.2 Å². The van der Waals surface area contributed by atoms with Crippen molar-refractivity contribution in [1.29, 1.82) is 0 Å². The van der Waals surface area contributed by atoms with Crippen molar-refractivity contribution in [2.24, 2.45) is 12.8 Å². The molecule has 2 aromatic rings. The second kappa shape index (κ2) is 4.57. The maximum absolute atomic E-state index is 9.34. The average Bonchev–Trinajstić information content (AvgIpc) is 2.57. The van der Waals surface area contributed by atoms with Gasteiger partial charge in [-0.1, -0.05) is 18.2 Å². The second-order valence-electron chi connectivity index (χ2n) is 3.89. The molecule has 1 atom stereocenters. The Morgan fingerprint density at radius 1 is 1.44 bits per heavy atom. The molecule has 1 unspecified atom stereocenters. The fraction of sp³-hybridized carbons (Fsp3) is 0.333. The van der Waals surface area contributed by atoms with E-state index in [9.17, 15) is 5.11 Å². The standard InChI is InChI=1S/C12H15BrN2O/c1-15-10-5-3-2-4-9(10)11(13)12(15)8(6-14)7-16/h2-5,8,16H,6-7,14H2,1H3. The minimum absolute atomic E-state index is 0.0215. The van der Waals surface area contributed by atoms with Gasteiger partial charge in [0.1, 0.15) is 0 Å². The van der Waals surface area contributed by atoms with Crippen LogP contribution in [0.5, 0.6) is 0 Å². The van der Waals surface area contributed by atoms with Gasteiger partial charge in [0.15, 0.2) is 0 Å². The number of hydrogen-bond acceptors (Lipinski definition) is 2. The summed E-state index contributed by atoms with van der Waals surface area (Å²) in [5.74, 6) is -0.0215. The number of benzene rings is 1. The Kier molecular flexibility index (Phi) is 3.33. The Labute approximate surface area is 103 Å². The summed E-state index contributed by atoms with van der Waals surface area (Å²) in [5, 5.41) is 10.5. The van der Waals surface area contributed by atoms with Crippen LogP contribution in [0.1, 0.15) is 11.6 Å². The molecule has 0 saturated heterocycles. The molecule has 0 bridgehead atoms. The van der Waals surface area contributed by atoms with Crippen molar-refractivity contribution in [2.75, 3.05) is 13.2 Å². The number of nitrogens with two attached hydrogens (primary N) is 1. The highest BCUT2D eigenvalue weighted by Crippen LogP contribution is 2.34. The summed E-state index contributed by atoms with van der Waals surface area (Å²) in [6.45, 7) is 0.512. The van der Waals surface area contributed by atoms with Crippen LogP contribution < -0.4 is 5.73 Å². The third-order valence-electron chi connectivity index (χ3n) is 2.98. The van der Waals surface area contributed by atoms with Crippen LogP contribution >= 0.6 is 15.9 Å². The Bertz CT molecular complexity index is 464. The minimum Gasteiger partial charge on any atom is -0.396 e. The van der Waals surface area contributed by atoms with Crippen LogP contribution in [-0.4, -0.2) is 22.8 Å². The highest BCUT2D eigenvalue weighted by atomic mass is 79.9. The predicted octanol–water partition coefficient (Wildman–Crippen LogP) is 1.98. The van der Waals surface area contributed by atoms with Crippen LogP contribution in [0, 0.1) is 0 Å².